The molecule has 6 heteroatoms. The van der Waals surface area contributed by atoms with Gasteiger partial charge in [-0.3, -0.25) is 4.98 Å². The van der Waals surface area contributed by atoms with Gasteiger partial charge in [0.2, 0.25) is 5.13 Å². The van der Waals surface area contributed by atoms with Gasteiger partial charge in [0, 0.05) is 6.20 Å². The summed E-state index contributed by atoms with van der Waals surface area (Å²) in [5.74, 6) is 0. The summed E-state index contributed by atoms with van der Waals surface area (Å²) in [5, 5.41) is 10.5. The van der Waals surface area contributed by atoms with Crippen molar-refractivity contribution >= 4 is 16.5 Å². The number of aromatic nitrogens is 3. The van der Waals surface area contributed by atoms with Crippen molar-refractivity contribution in [2.45, 2.75) is 19.1 Å². The summed E-state index contributed by atoms with van der Waals surface area (Å²) in [6.45, 7) is 3.61. The fourth-order valence-corrected chi connectivity index (χ4v) is 3.75. The number of morpholine rings is 1. The summed E-state index contributed by atoms with van der Waals surface area (Å²) in [5.41, 5.74) is 2.06. The molecule has 1 aliphatic rings. The number of hydrogen-bond acceptors (Lipinski definition) is 6. The van der Waals surface area contributed by atoms with Gasteiger partial charge in [0.25, 0.3) is 0 Å². The monoisotopic (exact) mass is 338 g/mol. The van der Waals surface area contributed by atoms with Crippen LogP contribution in [0.4, 0.5) is 5.13 Å². The molecule has 5 nitrogen and oxygen atoms in total. The zero-order valence-electron chi connectivity index (χ0n) is 13.4. The number of pyridine rings is 1. The molecule has 1 saturated heterocycles. The highest BCUT2D eigenvalue weighted by molar-refractivity contribution is 7.18. The predicted octanol–water partition coefficient (Wildman–Crippen LogP) is 3.57. The molecule has 0 unspecified atom stereocenters. The van der Waals surface area contributed by atoms with Crippen LogP contribution in [0.5, 0.6) is 0 Å². The first kappa shape index (κ1) is 15.2. The Balaban J connectivity index is 1.57. The van der Waals surface area contributed by atoms with Gasteiger partial charge in [-0.15, -0.1) is 10.2 Å². The smallest absolute Gasteiger partial charge is 0.209 e. The first-order valence-electron chi connectivity index (χ1n) is 7.99. The molecular weight excluding hydrogens is 320 g/mol. The van der Waals surface area contributed by atoms with Gasteiger partial charge in [-0.2, -0.15) is 0 Å². The lowest BCUT2D eigenvalue weighted by molar-refractivity contribution is 0.0215. The normalized spacial score (nSPS) is 21.0. The van der Waals surface area contributed by atoms with E-state index < -0.39 is 0 Å². The predicted molar refractivity (Wildman–Crippen MR) is 95.1 cm³/mol. The van der Waals surface area contributed by atoms with Gasteiger partial charge in [0.1, 0.15) is 11.8 Å². The van der Waals surface area contributed by atoms with Crippen molar-refractivity contribution in [2.75, 3.05) is 18.1 Å². The standard InChI is InChI=1S/C18H18N4OS/c1-13-12-23-16(14-7-3-2-4-8-14)11-22(13)18-21-20-17(24-18)15-9-5-6-10-19-15/h2-10,13,16H,11-12H2,1H3/t13-,16+/m1/s1. The Bertz CT molecular complexity index is 793. The van der Waals surface area contributed by atoms with Crippen molar-refractivity contribution in [3.8, 4) is 10.7 Å². The molecule has 3 heterocycles. The summed E-state index contributed by atoms with van der Waals surface area (Å²) in [6, 6.07) is 16.4. The minimum absolute atomic E-state index is 0.0598. The first-order valence-corrected chi connectivity index (χ1v) is 8.81. The molecule has 0 N–H and O–H groups in total. The third kappa shape index (κ3) is 3.02. The van der Waals surface area contributed by atoms with Crippen molar-refractivity contribution in [1.29, 1.82) is 0 Å². The van der Waals surface area contributed by atoms with E-state index in [4.69, 9.17) is 4.74 Å². The van der Waals surface area contributed by atoms with E-state index in [0.29, 0.717) is 6.61 Å². The Morgan fingerprint density at radius 3 is 2.71 bits per heavy atom. The fourth-order valence-electron chi connectivity index (χ4n) is 2.82. The molecule has 1 aliphatic heterocycles. The second-order valence-electron chi connectivity index (χ2n) is 5.84. The minimum Gasteiger partial charge on any atom is -0.370 e. The van der Waals surface area contributed by atoms with E-state index in [1.807, 2.05) is 36.4 Å². The average Bonchev–Trinajstić information content (AvgIpc) is 3.13. The highest BCUT2D eigenvalue weighted by Crippen LogP contribution is 2.33. The summed E-state index contributed by atoms with van der Waals surface area (Å²) in [6.07, 6.45) is 1.84. The lowest BCUT2D eigenvalue weighted by Crippen LogP contribution is -2.45. The maximum absolute atomic E-state index is 6.02. The fraction of sp³-hybridized carbons (Fsp3) is 0.278. The third-order valence-corrected chi connectivity index (χ3v) is 5.13. The lowest BCUT2D eigenvalue weighted by atomic mass is 10.1. The number of nitrogens with zero attached hydrogens (tertiary/aromatic N) is 4. The van der Waals surface area contributed by atoms with E-state index >= 15 is 0 Å². The van der Waals surface area contributed by atoms with Crippen molar-refractivity contribution in [2.24, 2.45) is 0 Å². The first-order chi connectivity index (χ1) is 11.8. The molecule has 24 heavy (non-hydrogen) atoms. The van der Waals surface area contributed by atoms with Gasteiger partial charge >= 0.3 is 0 Å². The van der Waals surface area contributed by atoms with Crippen LogP contribution in [0.15, 0.2) is 54.7 Å². The van der Waals surface area contributed by atoms with E-state index in [2.05, 4.69) is 39.1 Å². The van der Waals surface area contributed by atoms with E-state index in [9.17, 15) is 0 Å². The molecular formula is C18H18N4OS. The van der Waals surface area contributed by atoms with Gasteiger partial charge in [0.05, 0.1) is 19.2 Å². The SMILES string of the molecule is C[C@@H]1CO[C@H](c2ccccc2)CN1c1nnc(-c2ccccn2)s1. The van der Waals surface area contributed by atoms with Crippen LogP contribution in [0.25, 0.3) is 10.7 Å². The Kier molecular flexibility index (Phi) is 4.23. The van der Waals surface area contributed by atoms with Crippen LogP contribution in [0.2, 0.25) is 0 Å². The van der Waals surface area contributed by atoms with Gasteiger partial charge in [-0.05, 0) is 24.6 Å². The molecule has 2 atom stereocenters. The summed E-state index contributed by atoms with van der Waals surface area (Å²) < 4.78 is 6.02. The number of hydrogen-bond donors (Lipinski definition) is 0. The van der Waals surface area contributed by atoms with Crippen LogP contribution in [0.3, 0.4) is 0 Å². The van der Waals surface area contributed by atoms with Gasteiger partial charge in [0.15, 0.2) is 5.01 Å². The van der Waals surface area contributed by atoms with Crippen LogP contribution < -0.4 is 4.90 Å². The molecule has 1 fully saturated rings. The number of anilines is 1. The average molecular weight is 338 g/mol. The molecule has 3 aromatic rings. The molecule has 0 amide bonds. The molecule has 1 aromatic carbocycles. The van der Waals surface area contributed by atoms with Crippen LogP contribution in [0, 0.1) is 0 Å². The molecule has 122 valence electrons. The number of benzene rings is 1. The van der Waals surface area contributed by atoms with Gasteiger partial charge < -0.3 is 9.64 Å². The molecule has 2 aromatic heterocycles. The second kappa shape index (κ2) is 6.67. The topological polar surface area (TPSA) is 51.1 Å². The Labute approximate surface area is 145 Å². The van der Waals surface area contributed by atoms with E-state index in [1.54, 1.807) is 17.5 Å². The van der Waals surface area contributed by atoms with Gasteiger partial charge in [-0.1, -0.05) is 47.7 Å². The maximum atomic E-state index is 6.02. The zero-order valence-corrected chi connectivity index (χ0v) is 14.2. The third-order valence-electron chi connectivity index (χ3n) is 4.15. The molecule has 0 saturated carbocycles. The zero-order chi connectivity index (χ0) is 16.4. The van der Waals surface area contributed by atoms with Crippen molar-refractivity contribution < 1.29 is 4.74 Å². The molecule has 0 radical (unpaired) electrons. The highest BCUT2D eigenvalue weighted by Gasteiger charge is 2.29. The largest absolute Gasteiger partial charge is 0.370 e. The maximum Gasteiger partial charge on any atom is 0.209 e. The molecule has 0 spiro atoms. The quantitative estimate of drug-likeness (QED) is 0.731. The van der Waals surface area contributed by atoms with Crippen LogP contribution in [-0.2, 0) is 4.74 Å². The molecule has 4 rings (SSSR count). The lowest BCUT2D eigenvalue weighted by Gasteiger charge is -2.37. The summed E-state index contributed by atoms with van der Waals surface area (Å²) in [4.78, 5) is 6.64. The Hall–Kier alpha value is -2.31. The van der Waals surface area contributed by atoms with Crippen LogP contribution >= 0.6 is 11.3 Å². The van der Waals surface area contributed by atoms with E-state index in [1.165, 1.54) is 5.56 Å². The van der Waals surface area contributed by atoms with Crippen LogP contribution in [0.1, 0.15) is 18.6 Å². The number of rotatable bonds is 3. The van der Waals surface area contributed by atoms with Crippen LogP contribution in [-0.4, -0.2) is 34.4 Å². The Morgan fingerprint density at radius 2 is 1.92 bits per heavy atom. The number of ether oxygens (including phenoxy) is 1. The highest BCUT2D eigenvalue weighted by atomic mass is 32.1. The summed E-state index contributed by atoms with van der Waals surface area (Å²) in [7, 11) is 0. The Morgan fingerprint density at radius 1 is 1.08 bits per heavy atom. The minimum atomic E-state index is 0.0598. The van der Waals surface area contributed by atoms with E-state index in [-0.39, 0.29) is 12.1 Å². The van der Waals surface area contributed by atoms with E-state index in [0.717, 1.165) is 22.4 Å². The van der Waals surface area contributed by atoms with Crippen molar-refractivity contribution in [3.05, 3.63) is 60.3 Å². The molecule has 0 aliphatic carbocycles. The summed E-state index contributed by atoms with van der Waals surface area (Å²) >= 11 is 1.58. The van der Waals surface area contributed by atoms with Crippen molar-refractivity contribution in [3.63, 3.8) is 0 Å². The second-order valence-corrected chi connectivity index (χ2v) is 6.79. The van der Waals surface area contributed by atoms with Crippen molar-refractivity contribution in [1.82, 2.24) is 15.2 Å². The molecule has 0 bridgehead atoms. The van der Waals surface area contributed by atoms with Gasteiger partial charge in [-0.25, -0.2) is 0 Å².